The van der Waals surface area contributed by atoms with Gasteiger partial charge in [-0.3, -0.25) is 0 Å². The Morgan fingerprint density at radius 3 is 2.81 bits per heavy atom. The van der Waals surface area contributed by atoms with Crippen LogP contribution in [0.1, 0.15) is 12.8 Å². The molecule has 0 bridgehead atoms. The molecule has 2 heteroatoms. The third-order valence-electron chi connectivity index (χ3n) is 2.87. The molecule has 16 heavy (non-hydrogen) atoms. The van der Waals surface area contributed by atoms with Crippen LogP contribution in [0.5, 0.6) is 0 Å². The van der Waals surface area contributed by atoms with Crippen LogP contribution in [0.4, 0.5) is 0 Å². The zero-order valence-electron chi connectivity index (χ0n) is 9.69. The van der Waals surface area contributed by atoms with E-state index >= 15 is 0 Å². The maximum atomic E-state index is 4.09. The summed E-state index contributed by atoms with van der Waals surface area (Å²) in [5.74, 6) is 0. The van der Waals surface area contributed by atoms with Crippen molar-refractivity contribution in [2.75, 3.05) is 19.6 Å². The van der Waals surface area contributed by atoms with Crippen molar-refractivity contribution in [1.29, 1.82) is 0 Å². The van der Waals surface area contributed by atoms with Gasteiger partial charge in [-0.15, -0.1) is 0 Å². The van der Waals surface area contributed by atoms with Crippen molar-refractivity contribution in [3.8, 4) is 0 Å². The fraction of sp³-hybridized carbons (Fsp3) is 0.429. The van der Waals surface area contributed by atoms with Gasteiger partial charge in [0.15, 0.2) is 0 Å². The summed E-state index contributed by atoms with van der Waals surface area (Å²) < 4.78 is 1.52. The van der Waals surface area contributed by atoms with E-state index in [-0.39, 0.29) is 0 Å². The van der Waals surface area contributed by atoms with Gasteiger partial charge in [0.1, 0.15) is 0 Å². The van der Waals surface area contributed by atoms with Crippen LogP contribution in [0.15, 0.2) is 42.5 Å². The van der Waals surface area contributed by atoms with Gasteiger partial charge in [-0.05, 0) is 0 Å². The van der Waals surface area contributed by atoms with E-state index in [4.69, 9.17) is 0 Å². The molecule has 1 fully saturated rings. The molecule has 0 spiro atoms. The van der Waals surface area contributed by atoms with Gasteiger partial charge in [0, 0.05) is 0 Å². The Hall–Kier alpha value is -0.561. The third kappa shape index (κ3) is 3.79. The second-order valence-electron chi connectivity index (χ2n) is 4.29. The number of nitrogens with zero attached hydrogens (tertiary/aromatic N) is 1. The quantitative estimate of drug-likeness (QED) is 0.603. The van der Waals surface area contributed by atoms with Crippen molar-refractivity contribution < 1.29 is 0 Å². The van der Waals surface area contributed by atoms with Gasteiger partial charge in [0.2, 0.25) is 0 Å². The van der Waals surface area contributed by atoms with Crippen molar-refractivity contribution >= 4 is 19.4 Å². The van der Waals surface area contributed by atoms with Gasteiger partial charge in [0.25, 0.3) is 0 Å². The number of hydrogen-bond acceptors (Lipinski definition) is 1. The fourth-order valence-corrected chi connectivity index (χ4v) is 3.99. The predicted octanol–water partition coefficient (Wildman–Crippen LogP) is 2.09. The monoisotopic (exact) mass is 281 g/mol. The van der Waals surface area contributed by atoms with Gasteiger partial charge in [0.05, 0.1) is 0 Å². The van der Waals surface area contributed by atoms with Crippen molar-refractivity contribution in [3.05, 3.63) is 42.5 Å². The summed E-state index contributed by atoms with van der Waals surface area (Å²) in [6.45, 7) is 7.74. The molecular formula is C14H19NSe. The summed E-state index contributed by atoms with van der Waals surface area (Å²) in [7, 11) is 0. The van der Waals surface area contributed by atoms with E-state index in [0.29, 0.717) is 15.0 Å². The van der Waals surface area contributed by atoms with Crippen LogP contribution >= 0.6 is 0 Å². The first-order chi connectivity index (χ1) is 7.84. The second kappa shape index (κ2) is 6.24. The third-order valence-corrected chi connectivity index (χ3v) is 4.95. The molecule has 0 N–H and O–H groups in total. The fourth-order valence-electron chi connectivity index (χ4n) is 2.03. The summed E-state index contributed by atoms with van der Waals surface area (Å²) >= 11 is 0.639. The Bertz CT molecular complexity index is 334. The Kier molecular flexibility index (Phi) is 4.65. The molecule has 1 heterocycles. The summed E-state index contributed by atoms with van der Waals surface area (Å²) in [5, 5.41) is 1.32. The number of hydrogen-bond donors (Lipinski definition) is 0. The van der Waals surface area contributed by atoms with Crippen molar-refractivity contribution in [2.24, 2.45) is 0 Å². The second-order valence-corrected chi connectivity index (χ2v) is 6.74. The van der Waals surface area contributed by atoms with Gasteiger partial charge in [-0.1, -0.05) is 0 Å². The van der Waals surface area contributed by atoms with Crippen molar-refractivity contribution in [3.63, 3.8) is 0 Å². The van der Waals surface area contributed by atoms with Crippen LogP contribution < -0.4 is 4.46 Å². The molecule has 0 amide bonds. The molecule has 86 valence electrons. The molecule has 0 aliphatic carbocycles. The molecule has 2 rings (SSSR count). The van der Waals surface area contributed by atoms with E-state index in [1.54, 1.807) is 0 Å². The van der Waals surface area contributed by atoms with Crippen LogP contribution in [0.3, 0.4) is 0 Å². The molecule has 0 saturated carbocycles. The van der Waals surface area contributed by atoms with Gasteiger partial charge in [-0.2, -0.15) is 0 Å². The van der Waals surface area contributed by atoms with E-state index in [0.717, 1.165) is 6.54 Å². The summed E-state index contributed by atoms with van der Waals surface area (Å²) in [4.78, 5) is 2.55. The molecule has 1 saturated heterocycles. The molecule has 1 aliphatic heterocycles. The summed E-state index contributed by atoms with van der Waals surface area (Å²) in [6, 6.07) is 10.9. The number of rotatable bonds is 4. The van der Waals surface area contributed by atoms with Gasteiger partial charge >= 0.3 is 105 Å². The van der Waals surface area contributed by atoms with Crippen molar-refractivity contribution in [1.82, 2.24) is 4.90 Å². The molecule has 0 radical (unpaired) electrons. The minimum atomic E-state index is 0.639. The zero-order valence-corrected chi connectivity index (χ0v) is 11.4. The Morgan fingerprint density at radius 1 is 1.25 bits per heavy atom. The molecule has 1 aliphatic rings. The summed E-state index contributed by atoms with van der Waals surface area (Å²) in [6.07, 6.45) is 2.54. The first-order valence-corrected chi connectivity index (χ1v) is 7.98. The van der Waals surface area contributed by atoms with Crippen LogP contribution in [0, 0.1) is 0 Å². The van der Waals surface area contributed by atoms with Crippen LogP contribution in [-0.2, 0) is 0 Å². The average molecular weight is 280 g/mol. The Labute approximate surface area is 105 Å². The van der Waals surface area contributed by atoms with E-state index in [9.17, 15) is 0 Å². The Morgan fingerprint density at radius 2 is 2.06 bits per heavy atom. The van der Waals surface area contributed by atoms with Crippen LogP contribution in [0.2, 0.25) is 5.32 Å². The normalized spacial score (nSPS) is 17.6. The number of benzene rings is 1. The first-order valence-electron chi connectivity index (χ1n) is 5.91. The standard InChI is InChI=1S/C14H19NSe/c1-13-6-5-9-15(12-13)10-11-16-14-7-3-2-4-8-14/h2-4,7-8H,1,5-6,9-12H2. The topological polar surface area (TPSA) is 3.24 Å². The number of likely N-dealkylation sites (tertiary alicyclic amines) is 1. The van der Waals surface area contributed by atoms with E-state index in [1.165, 1.54) is 41.3 Å². The van der Waals surface area contributed by atoms with Crippen LogP contribution in [-0.4, -0.2) is 39.5 Å². The maximum absolute atomic E-state index is 4.09. The molecule has 1 aromatic carbocycles. The predicted molar refractivity (Wildman–Crippen MR) is 71.5 cm³/mol. The van der Waals surface area contributed by atoms with Gasteiger partial charge in [-0.25, -0.2) is 0 Å². The first kappa shape index (κ1) is 11.9. The van der Waals surface area contributed by atoms with Crippen molar-refractivity contribution in [2.45, 2.75) is 18.2 Å². The van der Waals surface area contributed by atoms with E-state index in [1.807, 2.05) is 0 Å². The van der Waals surface area contributed by atoms with Crippen LogP contribution in [0.25, 0.3) is 0 Å². The molecule has 0 aromatic heterocycles. The van der Waals surface area contributed by atoms with E-state index in [2.05, 4.69) is 41.8 Å². The minimum absolute atomic E-state index is 0.639. The molecule has 0 atom stereocenters. The molecule has 1 nitrogen and oxygen atoms in total. The van der Waals surface area contributed by atoms with E-state index < -0.39 is 0 Å². The number of piperidine rings is 1. The molecule has 1 aromatic rings. The zero-order chi connectivity index (χ0) is 11.2. The summed E-state index contributed by atoms with van der Waals surface area (Å²) in [5.41, 5.74) is 1.42. The SMILES string of the molecule is C=C1CCCN(CC[Se]c2ccccc2)C1. The Balaban J connectivity index is 1.70. The molecule has 0 unspecified atom stereocenters. The van der Waals surface area contributed by atoms with Gasteiger partial charge < -0.3 is 0 Å². The average Bonchev–Trinajstić information content (AvgIpc) is 2.30. The molecular weight excluding hydrogens is 261 g/mol.